The number of hydrogen-bond donors (Lipinski definition) is 1. The van der Waals surface area contributed by atoms with E-state index in [-0.39, 0.29) is 11.8 Å². The van der Waals surface area contributed by atoms with E-state index in [2.05, 4.69) is 27.2 Å². The highest BCUT2D eigenvalue weighted by Crippen LogP contribution is 2.51. The lowest BCUT2D eigenvalue weighted by Gasteiger charge is -2.31. The lowest BCUT2D eigenvalue weighted by atomic mass is 9.73. The highest BCUT2D eigenvalue weighted by molar-refractivity contribution is 7.13. The molecule has 1 heterocycles. The maximum atomic E-state index is 13.3. The fourth-order valence-electron chi connectivity index (χ4n) is 3.97. The second-order valence-corrected chi connectivity index (χ2v) is 8.04. The second-order valence-electron chi connectivity index (χ2n) is 7.14. The average Bonchev–Trinajstić information content (AvgIpc) is 3.34. The zero-order valence-electron chi connectivity index (χ0n) is 16.0. The predicted octanol–water partition coefficient (Wildman–Crippen LogP) is 4.62. The van der Waals surface area contributed by atoms with Crippen LogP contribution in [0.4, 0.5) is 9.93 Å². The minimum atomic E-state index is -0.767. The molecule has 1 N–H and O–H groups in total. The molecular weight excluding hydrogens is 388 g/mol. The molecule has 0 saturated heterocycles. The van der Waals surface area contributed by atoms with E-state index in [0.717, 1.165) is 16.7 Å². The SMILES string of the molecule is COC(=O)Oc1ccc([C@@H]2c3ccccc3CC2(C)C(=O)Nc2nccs2)cc1. The van der Waals surface area contributed by atoms with Crippen LogP contribution in [0, 0.1) is 5.41 Å². The fourth-order valence-corrected chi connectivity index (χ4v) is 4.49. The van der Waals surface area contributed by atoms with Gasteiger partial charge in [-0.1, -0.05) is 36.4 Å². The van der Waals surface area contributed by atoms with Gasteiger partial charge < -0.3 is 14.8 Å². The number of amides is 1. The number of methoxy groups -OCH3 is 1. The third-order valence-electron chi connectivity index (χ3n) is 5.31. The molecule has 0 aliphatic heterocycles. The zero-order chi connectivity index (χ0) is 20.4. The Balaban J connectivity index is 1.69. The molecule has 0 radical (unpaired) electrons. The number of hydrogen-bond acceptors (Lipinski definition) is 6. The van der Waals surface area contributed by atoms with Crippen molar-refractivity contribution in [1.29, 1.82) is 0 Å². The fraction of sp³-hybridized carbons (Fsp3) is 0.227. The highest BCUT2D eigenvalue weighted by atomic mass is 32.1. The van der Waals surface area contributed by atoms with Crippen LogP contribution in [0.5, 0.6) is 5.75 Å². The number of anilines is 1. The van der Waals surface area contributed by atoms with Crippen molar-refractivity contribution in [2.45, 2.75) is 19.3 Å². The molecule has 1 unspecified atom stereocenters. The van der Waals surface area contributed by atoms with Crippen molar-refractivity contribution in [3.8, 4) is 5.75 Å². The van der Waals surface area contributed by atoms with Gasteiger partial charge in [-0.15, -0.1) is 11.3 Å². The van der Waals surface area contributed by atoms with E-state index in [1.165, 1.54) is 18.4 Å². The number of carbonyl (C=O) groups excluding carboxylic acids is 2. The maximum Gasteiger partial charge on any atom is 0.513 e. The van der Waals surface area contributed by atoms with Crippen molar-refractivity contribution in [1.82, 2.24) is 4.98 Å². The first kappa shape index (κ1) is 19.1. The molecule has 1 aliphatic rings. The molecule has 1 amide bonds. The summed E-state index contributed by atoms with van der Waals surface area (Å²) in [5.41, 5.74) is 2.58. The molecule has 7 heteroatoms. The van der Waals surface area contributed by atoms with Crippen LogP contribution < -0.4 is 10.1 Å². The predicted molar refractivity (Wildman–Crippen MR) is 110 cm³/mol. The second kappa shape index (κ2) is 7.67. The average molecular weight is 408 g/mol. The maximum absolute atomic E-state index is 13.3. The van der Waals surface area contributed by atoms with Gasteiger partial charge in [0.05, 0.1) is 12.5 Å². The Morgan fingerprint density at radius 2 is 1.93 bits per heavy atom. The molecule has 3 aromatic rings. The first-order valence-corrected chi connectivity index (χ1v) is 10.0. The van der Waals surface area contributed by atoms with Crippen molar-refractivity contribution >= 4 is 28.5 Å². The van der Waals surface area contributed by atoms with Crippen molar-refractivity contribution in [3.05, 3.63) is 76.8 Å². The monoisotopic (exact) mass is 408 g/mol. The van der Waals surface area contributed by atoms with E-state index in [0.29, 0.717) is 17.3 Å². The molecular formula is C22H20N2O4S. The van der Waals surface area contributed by atoms with Crippen LogP contribution in [0.1, 0.15) is 29.5 Å². The van der Waals surface area contributed by atoms with Crippen LogP contribution in [-0.4, -0.2) is 24.2 Å². The summed E-state index contributed by atoms with van der Waals surface area (Å²) in [6.07, 6.45) is 1.53. The van der Waals surface area contributed by atoms with Crippen LogP contribution in [0.15, 0.2) is 60.1 Å². The number of aromatic nitrogens is 1. The Morgan fingerprint density at radius 1 is 1.17 bits per heavy atom. The van der Waals surface area contributed by atoms with Crippen molar-refractivity contribution in [3.63, 3.8) is 0 Å². The number of nitrogens with zero attached hydrogens (tertiary/aromatic N) is 1. The van der Waals surface area contributed by atoms with Gasteiger partial charge >= 0.3 is 6.16 Å². The summed E-state index contributed by atoms with van der Waals surface area (Å²) >= 11 is 1.40. The quantitative estimate of drug-likeness (QED) is 0.503. The lowest BCUT2D eigenvalue weighted by Crippen LogP contribution is -2.37. The summed E-state index contributed by atoms with van der Waals surface area (Å²) in [7, 11) is 1.26. The van der Waals surface area contributed by atoms with E-state index in [9.17, 15) is 9.59 Å². The van der Waals surface area contributed by atoms with Crippen LogP contribution in [0.3, 0.4) is 0 Å². The summed E-state index contributed by atoms with van der Waals surface area (Å²) in [4.78, 5) is 28.8. The van der Waals surface area contributed by atoms with E-state index in [4.69, 9.17) is 4.74 Å². The Kier molecular flexibility index (Phi) is 5.07. The summed E-state index contributed by atoms with van der Waals surface area (Å²) in [6.45, 7) is 1.99. The number of nitrogens with one attached hydrogen (secondary N) is 1. The van der Waals surface area contributed by atoms with Gasteiger partial charge in [0.1, 0.15) is 5.75 Å². The number of ether oxygens (including phenoxy) is 2. The largest absolute Gasteiger partial charge is 0.513 e. The summed E-state index contributed by atoms with van der Waals surface area (Å²) in [6, 6.07) is 15.3. The molecule has 0 spiro atoms. The van der Waals surface area contributed by atoms with Crippen LogP contribution in [-0.2, 0) is 16.0 Å². The topological polar surface area (TPSA) is 77.5 Å². The standard InChI is InChI=1S/C22H20N2O4S/c1-22(19(25)24-20-23-11-12-29-20)13-15-5-3-4-6-17(15)18(22)14-7-9-16(10-8-14)28-21(26)27-2/h3-12,18H,13H2,1-2H3,(H,23,24,25)/t18-,22?/m1/s1. The smallest absolute Gasteiger partial charge is 0.437 e. The first-order chi connectivity index (χ1) is 14.0. The third kappa shape index (κ3) is 3.61. The summed E-state index contributed by atoms with van der Waals surface area (Å²) < 4.78 is 9.60. The van der Waals surface area contributed by atoms with E-state index in [1.807, 2.05) is 36.6 Å². The van der Waals surface area contributed by atoms with Crippen LogP contribution >= 0.6 is 11.3 Å². The number of benzene rings is 2. The van der Waals surface area contributed by atoms with Crippen LogP contribution in [0.2, 0.25) is 0 Å². The van der Waals surface area contributed by atoms with Gasteiger partial charge in [-0.05, 0) is 42.2 Å². The Morgan fingerprint density at radius 3 is 2.62 bits per heavy atom. The minimum Gasteiger partial charge on any atom is -0.437 e. The van der Waals surface area contributed by atoms with Gasteiger partial charge in [0.15, 0.2) is 5.13 Å². The van der Waals surface area contributed by atoms with E-state index in [1.54, 1.807) is 18.3 Å². The molecule has 4 rings (SSSR count). The van der Waals surface area contributed by atoms with Gasteiger partial charge in [0.2, 0.25) is 5.91 Å². The molecule has 1 aromatic heterocycles. The number of rotatable bonds is 4. The zero-order valence-corrected chi connectivity index (χ0v) is 16.9. The third-order valence-corrected chi connectivity index (χ3v) is 6.00. The Bertz CT molecular complexity index is 1030. The van der Waals surface area contributed by atoms with Gasteiger partial charge in [0.25, 0.3) is 0 Å². The molecule has 2 aromatic carbocycles. The number of carbonyl (C=O) groups is 2. The lowest BCUT2D eigenvalue weighted by molar-refractivity contribution is -0.125. The van der Waals surface area contributed by atoms with E-state index < -0.39 is 11.6 Å². The molecule has 2 atom stereocenters. The molecule has 1 aliphatic carbocycles. The normalized spacial score (nSPS) is 20.0. The Hall–Kier alpha value is -3.19. The van der Waals surface area contributed by atoms with Gasteiger partial charge in [-0.25, -0.2) is 9.78 Å². The molecule has 148 valence electrons. The van der Waals surface area contributed by atoms with Gasteiger partial charge in [0, 0.05) is 17.5 Å². The van der Waals surface area contributed by atoms with Crippen molar-refractivity contribution in [2.75, 3.05) is 12.4 Å². The van der Waals surface area contributed by atoms with Gasteiger partial charge in [-0.2, -0.15) is 0 Å². The molecule has 6 nitrogen and oxygen atoms in total. The van der Waals surface area contributed by atoms with E-state index >= 15 is 0 Å². The van der Waals surface area contributed by atoms with Gasteiger partial charge in [-0.3, -0.25) is 4.79 Å². The Labute approximate surface area is 172 Å². The highest BCUT2D eigenvalue weighted by Gasteiger charge is 2.48. The molecule has 0 fully saturated rings. The summed E-state index contributed by atoms with van der Waals surface area (Å²) in [5.74, 6) is 0.190. The minimum absolute atomic E-state index is 0.0662. The first-order valence-electron chi connectivity index (χ1n) is 9.16. The molecule has 29 heavy (non-hydrogen) atoms. The van der Waals surface area contributed by atoms with Crippen LogP contribution in [0.25, 0.3) is 0 Å². The van der Waals surface area contributed by atoms with Crippen molar-refractivity contribution in [2.24, 2.45) is 5.41 Å². The summed E-state index contributed by atoms with van der Waals surface area (Å²) in [5, 5.41) is 5.39. The molecule has 0 bridgehead atoms. The number of fused-ring (bicyclic) bond motifs is 1. The molecule has 0 saturated carbocycles. The number of thiazole rings is 1. The van der Waals surface area contributed by atoms with Crippen molar-refractivity contribution < 1.29 is 19.1 Å².